The summed E-state index contributed by atoms with van der Waals surface area (Å²) in [6.07, 6.45) is 8.75. The van der Waals surface area contributed by atoms with Gasteiger partial charge in [-0.3, -0.25) is 0 Å². The fourth-order valence-electron chi connectivity index (χ4n) is 5.66. The lowest BCUT2D eigenvalue weighted by Crippen LogP contribution is -2.36. The fraction of sp³-hybridized carbons (Fsp3) is 0.0909. The summed E-state index contributed by atoms with van der Waals surface area (Å²) in [5.41, 5.74) is 10.4. The van der Waals surface area contributed by atoms with Gasteiger partial charge >= 0.3 is 0 Å². The zero-order valence-electron chi connectivity index (χ0n) is 19.3. The van der Waals surface area contributed by atoms with Crippen molar-refractivity contribution >= 4 is 11.4 Å². The Labute approximate surface area is 201 Å². The lowest BCUT2D eigenvalue weighted by atomic mass is 9.60. The molecule has 1 aliphatic carbocycles. The maximum atomic E-state index is 4.71. The molecule has 2 unspecified atom stereocenters. The van der Waals surface area contributed by atoms with Gasteiger partial charge in [-0.1, -0.05) is 117 Å². The van der Waals surface area contributed by atoms with E-state index in [0.29, 0.717) is 0 Å². The minimum atomic E-state index is -0.505. The van der Waals surface area contributed by atoms with E-state index in [9.17, 15) is 0 Å². The number of hydrogen-bond donors (Lipinski definition) is 1. The second-order valence-electron chi connectivity index (χ2n) is 9.20. The zero-order valence-corrected chi connectivity index (χ0v) is 19.3. The first-order valence-electron chi connectivity index (χ1n) is 11.9. The minimum absolute atomic E-state index is 0.272. The average Bonchev–Trinajstić information content (AvgIpc) is 2.94. The normalized spacial score (nSPS) is 22.3. The Bertz CT molecular complexity index is 1440. The molecule has 4 aromatic carbocycles. The Hall–Kier alpha value is -4.10. The van der Waals surface area contributed by atoms with Crippen LogP contribution in [0.3, 0.4) is 0 Å². The van der Waals surface area contributed by atoms with Crippen molar-refractivity contribution in [2.45, 2.75) is 18.3 Å². The second-order valence-corrected chi connectivity index (χ2v) is 9.20. The fourth-order valence-corrected chi connectivity index (χ4v) is 5.66. The van der Waals surface area contributed by atoms with Gasteiger partial charge in [-0.15, -0.1) is 0 Å². The van der Waals surface area contributed by atoms with E-state index in [2.05, 4.69) is 134 Å². The number of hydrogen-bond acceptors (Lipinski definition) is 1. The van der Waals surface area contributed by atoms with Gasteiger partial charge in [-0.25, -0.2) is 0 Å². The molecule has 0 saturated carbocycles. The van der Waals surface area contributed by atoms with Crippen LogP contribution in [0.4, 0.5) is 11.4 Å². The molecule has 1 nitrogen and oxygen atoms in total. The van der Waals surface area contributed by atoms with Crippen LogP contribution in [-0.2, 0) is 5.41 Å². The molecule has 0 aromatic heterocycles. The van der Waals surface area contributed by atoms with E-state index in [4.69, 9.17) is 6.58 Å². The van der Waals surface area contributed by atoms with Gasteiger partial charge in [0.05, 0.1) is 5.41 Å². The molecule has 2 aliphatic rings. The van der Waals surface area contributed by atoms with E-state index < -0.39 is 5.41 Å². The molecule has 0 bridgehead atoms. The van der Waals surface area contributed by atoms with Gasteiger partial charge < -0.3 is 5.32 Å². The SMILES string of the molecule is C=C1/C=C\C=C/C(C)c2cccc3c2C1(c1ccccc1)c1cc(-c2ccccc2)ccc1N3. The van der Waals surface area contributed by atoms with Gasteiger partial charge in [-0.05, 0) is 63.1 Å². The van der Waals surface area contributed by atoms with E-state index in [0.717, 1.165) is 16.9 Å². The summed E-state index contributed by atoms with van der Waals surface area (Å²) in [6, 6.07) is 34.9. The summed E-state index contributed by atoms with van der Waals surface area (Å²) < 4.78 is 0. The third kappa shape index (κ3) is 3.01. The summed E-state index contributed by atoms with van der Waals surface area (Å²) in [6.45, 7) is 6.99. The number of fused-ring (bicyclic) bond motifs is 2. The highest BCUT2D eigenvalue weighted by molar-refractivity contribution is 5.85. The monoisotopic (exact) mass is 437 g/mol. The number of benzene rings is 4. The summed E-state index contributed by atoms with van der Waals surface area (Å²) in [4.78, 5) is 0. The van der Waals surface area contributed by atoms with Crippen molar-refractivity contribution in [2.24, 2.45) is 0 Å². The smallest absolute Gasteiger partial charge is 0.0739 e. The number of anilines is 2. The largest absolute Gasteiger partial charge is 0.355 e. The van der Waals surface area contributed by atoms with Gasteiger partial charge in [0.1, 0.15) is 0 Å². The van der Waals surface area contributed by atoms with Gasteiger partial charge in [-0.2, -0.15) is 0 Å². The highest BCUT2D eigenvalue weighted by atomic mass is 14.9. The van der Waals surface area contributed by atoms with Crippen LogP contribution in [0.2, 0.25) is 0 Å². The Kier molecular flexibility index (Phi) is 4.85. The molecule has 6 rings (SSSR count). The standard InChI is InChI=1S/C33H27N/c1-23-12-9-10-13-24(2)33(27-16-7-4-8-17-27)29-22-26(25-14-5-3-6-15-25)20-21-30(29)34-31-19-11-18-28(23)32(31)33/h3-23,34H,2H2,1H3/b12-9-,13-10-. The molecule has 34 heavy (non-hydrogen) atoms. The molecular weight excluding hydrogens is 410 g/mol. The van der Waals surface area contributed by atoms with Crippen LogP contribution in [-0.4, -0.2) is 0 Å². The summed E-state index contributed by atoms with van der Waals surface area (Å²) in [5.74, 6) is 0.272. The molecule has 164 valence electrons. The Morgan fingerprint density at radius 1 is 0.735 bits per heavy atom. The Morgan fingerprint density at radius 2 is 1.50 bits per heavy atom. The van der Waals surface area contributed by atoms with E-state index in [1.807, 2.05) is 0 Å². The first-order valence-corrected chi connectivity index (χ1v) is 11.9. The molecule has 1 heterocycles. The molecule has 0 spiro atoms. The van der Waals surface area contributed by atoms with Crippen molar-refractivity contribution in [1.82, 2.24) is 0 Å². The highest BCUT2D eigenvalue weighted by Gasteiger charge is 2.46. The predicted molar refractivity (Wildman–Crippen MR) is 144 cm³/mol. The molecule has 0 radical (unpaired) electrons. The van der Waals surface area contributed by atoms with Crippen LogP contribution >= 0.6 is 0 Å². The van der Waals surface area contributed by atoms with Gasteiger partial charge in [0.25, 0.3) is 0 Å². The molecule has 4 aromatic rings. The molecule has 0 amide bonds. The van der Waals surface area contributed by atoms with Crippen molar-refractivity contribution in [3.63, 3.8) is 0 Å². The van der Waals surface area contributed by atoms with E-state index >= 15 is 0 Å². The lowest BCUT2D eigenvalue weighted by Gasteiger charge is -2.44. The quantitative estimate of drug-likeness (QED) is 0.331. The van der Waals surface area contributed by atoms with E-state index in [-0.39, 0.29) is 5.92 Å². The maximum absolute atomic E-state index is 4.71. The van der Waals surface area contributed by atoms with Crippen LogP contribution < -0.4 is 5.32 Å². The van der Waals surface area contributed by atoms with Gasteiger partial charge in [0.2, 0.25) is 0 Å². The number of nitrogens with one attached hydrogen (secondary N) is 1. The third-order valence-electron chi connectivity index (χ3n) is 7.26. The average molecular weight is 438 g/mol. The van der Waals surface area contributed by atoms with Crippen LogP contribution in [0, 0.1) is 0 Å². The zero-order chi connectivity index (χ0) is 23.1. The summed E-state index contributed by atoms with van der Waals surface area (Å²) in [5, 5.41) is 3.77. The summed E-state index contributed by atoms with van der Waals surface area (Å²) in [7, 11) is 0. The van der Waals surface area contributed by atoms with Crippen LogP contribution in [0.1, 0.15) is 35.1 Å². The van der Waals surface area contributed by atoms with E-state index in [1.54, 1.807) is 0 Å². The molecule has 2 atom stereocenters. The van der Waals surface area contributed by atoms with Crippen molar-refractivity contribution in [2.75, 3.05) is 5.32 Å². The molecular formula is C33H27N. The minimum Gasteiger partial charge on any atom is -0.355 e. The number of rotatable bonds is 2. The first kappa shape index (κ1) is 20.5. The van der Waals surface area contributed by atoms with Crippen molar-refractivity contribution in [3.8, 4) is 11.1 Å². The highest BCUT2D eigenvalue weighted by Crippen LogP contribution is 2.56. The van der Waals surface area contributed by atoms with Crippen LogP contribution in [0.15, 0.2) is 134 Å². The maximum Gasteiger partial charge on any atom is 0.0739 e. The molecule has 0 saturated heterocycles. The second kappa shape index (κ2) is 8.04. The van der Waals surface area contributed by atoms with Gasteiger partial charge in [0, 0.05) is 11.4 Å². The lowest BCUT2D eigenvalue weighted by molar-refractivity contribution is 0.722. The third-order valence-corrected chi connectivity index (χ3v) is 7.26. The molecule has 1 N–H and O–H groups in total. The van der Waals surface area contributed by atoms with Crippen molar-refractivity contribution < 1.29 is 0 Å². The first-order chi connectivity index (χ1) is 16.7. The summed E-state index contributed by atoms with van der Waals surface area (Å²) >= 11 is 0. The van der Waals surface area contributed by atoms with E-state index in [1.165, 1.54) is 33.4 Å². The van der Waals surface area contributed by atoms with Gasteiger partial charge in [0.15, 0.2) is 0 Å². The molecule has 0 fully saturated rings. The molecule has 1 heteroatoms. The number of allylic oxidation sites excluding steroid dienone is 5. The predicted octanol–water partition coefficient (Wildman–Crippen LogP) is 8.53. The van der Waals surface area contributed by atoms with Crippen molar-refractivity contribution in [1.29, 1.82) is 0 Å². The Balaban J connectivity index is 1.76. The molecule has 1 aliphatic heterocycles. The van der Waals surface area contributed by atoms with Crippen molar-refractivity contribution in [3.05, 3.63) is 156 Å². The van der Waals surface area contributed by atoms with Crippen LogP contribution in [0.25, 0.3) is 11.1 Å². The van der Waals surface area contributed by atoms with Crippen LogP contribution in [0.5, 0.6) is 0 Å². The Morgan fingerprint density at radius 3 is 2.29 bits per heavy atom. The topological polar surface area (TPSA) is 12.0 Å².